The second-order valence-corrected chi connectivity index (χ2v) is 7.16. The van der Waals surface area contributed by atoms with Gasteiger partial charge in [0.1, 0.15) is 0 Å². The van der Waals surface area contributed by atoms with Crippen molar-refractivity contribution >= 4 is 11.6 Å². The molecule has 0 bridgehead atoms. The molecule has 1 N–H and O–H groups in total. The van der Waals surface area contributed by atoms with E-state index in [0.29, 0.717) is 12.5 Å². The topological polar surface area (TPSA) is 40.5 Å². The molecule has 1 amide bonds. The van der Waals surface area contributed by atoms with Gasteiger partial charge < -0.3 is 10.0 Å². The van der Waals surface area contributed by atoms with Crippen molar-refractivity contribution in [2.24, 2.45) is 5.92 Å². The van der Waals surface area contributed by atoms with Gasteiger partial charge in [-0.2, -0.15) is 0 Å². The minimum Gasteiger partial charge on any atom is -0.396 e. The van der Waals surface area contributed by atoms with Crippen molar-refractivity contribution < 1.29 is 9.90 Å². The summed E-state index contributed by atoms with van der Waals surface area (Å²) in [5.74, 6) is 0.777. The second-order valence-electron chi connectivity index (χ2n) is 7.16. The molecule has 0 spiro atoms. The van der Waals surface area contributed by atoms with Crippen molar-refractivity contribution in [1.82, 2.24) is 0 Å². The molecule has 1 aliphatic heterocycles. The molecule has 2 aromatic rings. The van der Waals surface area contributed by atoms with Crippen LogP contribution in [0.2, 0.25) is 0 Å². The van der Waals surface area contributed by atoms with Crippen molar-refractivity contribution in [3.63, 3.8) is 0 Å². The zero-order valence-corrected chi connectivity index (χ0v) is 16.6. The monoisotopic (exact) mass is 353 g/mol. The average Bonchev–Trinajstić information content (AvgIpc) is 2.99. The molecule has 0 aliphatic carbocycles. The van der Waals surface area contributed by atoms with Gasteiger partial charge >= 0.3 is 0 Å². The van der Waals surface area contributed by atoms with Crippen LogP contribution in [0, 0.1) is 5.92 Å². The van der Waals surface area contributed by atoms with Crippen molar-refractivity contribution in [1.29, 1.82) is 0 Å². The lowest BCUT2D eigenvalue weighted by atomic mass is 9.99. The molecule has 3 nitrogen and oxygen atoms in total. The number of hydrogen-bond donors (Lipinski definition) is 1. The van der Waals surface area contributed by atoms with E-state index >= 15 is 0 Å². The Bertz CT molecular complexity index is 734. The molecule has 1 atom stereocenters. The van der Waals surface area contributed by atoms with Crippen LogP contribution in [0.5, 0.6) is 0 Å². The molecular weight excluding hydrogens is 322 g/mol. The van der Waals surface area contributed by atoms with Crippen molar-refractivity contribution in [3.05, 3.63) is 64.7 Å². The third-order valence-corrected chi connectivity index (χ3v) is 4.67. The summed E-state index contributed by atoms with van der Waals surface area (Å²) in [5, 5.41) is 9.25. The number of rotatable bonds is 5. The van der Waals surface area contributed by atoms with Gasteiger partial charge in [-0.1, -0.05) is 58.9 Å². The Balaban J connectivity index is 0.00000117. The summed E-state index contributed by atoms with van der Waals surface area (Å²) in [6, 6.07) is 14.2. The zero-order valence-electron chi connectivity index (χ0n) is 16.6. The first-order valence-corrected chi connectivity index (χ1v) is 9.64. The van der Waals surface area contributed by atoms with Gasteiger partial charge in [0.25, 0.3) is 5.91 Å². The minimum atomic E-state index is 0.0820. The molecule has 0 saturated carbocycles. The number of benzene rings is 2. The Labute approximate surface area is 157 Å². The smallest absolute Gasteiger partial charge is 0.258 e. The van der Waals surface area contributed by atoms with Crippen LogP contribution in [0.1, 0.15) is 67.6 Å². The standard InChI is InChI=1S/C21H25NO2.C2H6/c1-14(2)10-16-4-5-18-12-22(21(24)20(18)11-16)19-8-6-17(7-9-19)15(3)13-23;1-2/h4-9,11,14-15,23H,10,12-13H2,1-3H3;1-2H3. The van der Waals surface area contributed by atoms with Crippen LogP contribution in [-0.2, 0) is 13.0 Å². The zero-order chi connectivity index (χ0) is 19.3. The van der Waals surface area contributed by atoms with Gasteiger partial charge in [-0.25, -0.2) is 0 Å². The molecule has 3 heteroatoms. The van der Waals surface area contributed by atoms with Crippen LogP contribution >= 0.6 is 0 Å². The van der Waals surface area contributed by atoms with E-state index in [1.54, 1.807) is 0 Å². The fourth-order valence-electron chi connectivity index (χ4n) is 3.24. The highest BCUT2D eigenvalue weighted by Gasteiger charge is 2.28. The summed E-state index contributed by atoms with van der Waals surface area (Å²) >= 11 is 0. The van der Waals surface area contributed by atoms with E-state index in [-0.39, 0.29) is 18.4 Å². The number of carbonyl (C=O) groups excluding carboxylic acids is 1. The molecule has 1 heterocycles. The van der Waals surface area contributed by atoms with E-state index in [0.717, 1.165) is 28.8 Å². The molecule has 0 fully saturated rings. The van der Waals surface area contributed by atoms with E-state index < -0.39 is 0 Å². The van der Waals surface area contributed by atoms with Crippen LogP contribution in [-0.4, -0.2) is 17.6 Å². The van der Waals surface area contributed by atoms with Gasteiger partial charge in [0.05, 0.1) is 6.54 Å². The number of fused-ring (bicyclic) bond motifs is 1. The highest BCUT2D eigenvalue weighted by Crippen LogP contribution is 2.30. The highest BCUT2D eigenvalue weighted by atomic mass is 16.3. The summed E-state index contributed by atoms with van der Waals surface area (Å²) in [6.45, 7) is 11.1. The molecule has 1 unspecified atom stereocenters. The lowest BCUT2D eigenvalue weighted by Crippen LogP contribution is -2.23. The van der Waals surface area contributed by atoms with E-state index in [9.17, 15) is 9.90 Å². The number of amides is 1. The number of nitrogens with zero attached hydrogens (tertiary/aromatic N) is 1. The van der Waals surface area contributed by atoms with Crippen LogP contribution in [0.3, 0.4) is 0 Å². The van der Waals surface area contributed by atoms with Gasteiger partial charge in [-0.15, -0.1) is 0 Å². The third kappa shape index (κ3) is 4.34. The Morgan fingerprint density at radius 2 is 1.69 bits per heavy atom. The van der Waals surface area contributed by atoms with E-state index in [2.05, 4.69) is 32.0 Å². The second kappa shape index (κ2) is 9.00. The maximum absolute atomic E-state index is 12.8. The van der Waals surface area contributed by atoms with Gasteiger partial charge in [0.2, 0.25) is 0 Å². The summed E-state index contributed by atoms with van der Waals surface area (Å²) in [6.07, 6.45) is 0.994. The Morgan fingerprint density at radius 1 is 1.04 bits per heavy atom. The Hall–Kier alpha value is -2.13. The molecule has 140 valence electrons. The van der Waals surface area contributed by atoms with Crippen molar-refractivity contribution in [3.8, 4) is 0 Å². The van der Waals surface area contributed by atoms with Crippen LogP contribution in [0.15, 0.2) is 42.5 Å². The summed E-state index contributed by atoms with van der Waals surface area (Å²) in [7, 11) is 0. The van der Waals surface area contributed by atoms with Gasteiger partial charge in [0.15, 0.2) is 0 Å². The summed E-state index contributed by atoms with van der Waals surface area (Å²) < 4.78 is 0. The van der Waals surface area contributed by atoms with Crippen LogP contribution in [0.4, 0.5) is 5.69 Å². The lowest BCUT2D eigenvalue weighted by molar-refractivity contribution is 0.0996. The van der Waals surface area contributed by atoms with Gasteiger partial charge in [-0.3, -0.25) is 4.79 Å². The van der Waals surface area contributed by atoms with Gasteiger partial charge in [-0.05, 0) is 47.2 Å². The Morgan fingerprint density at radius 3 is 2.27 bits per heavy atom. The molecule has 0 saturated heterocycles. The quantitative estimate of drug-likeness (QED) is 0.806. The van der Waals surface area contributed by atoms with Gasteiger partial charge in [0, 0.05) is 23.8 Å². The molecular formula is C23H31NO2. The first-order chi connectivity index (χ1) is 12.5. The lowest BCUT2D eigenvalue weighted by Gasteiger charge is -2.17. The van der Waals surface area contributed by atoms with E-state index in [1.807, 2.05) is 49.9 Å². The van der Waals surface area contributed by atoms with Crippen molar-refractivity contribution in [2.45, 2.75) is 53.5 Å². The molecule has 2 aromatic carbocycles. The van der Waals surface area contributed by atoms with Crippen molar-refractivity contribution in [2.75, 3.05) is 11.5 Å². The first kappa shape index (κ1) is 20.2. The molecule has 3 rings (SSSR count). The third-order valence-electron chi connectivity index (χ3n) is 4.67. The maximum atomic E-state index is 12.8. The highest BCUT2D eigenvalue weighted by molar-refractivity contribution is 6.10. The van der Waals surface area contributed by atoms with E-state index in [1.165, 1.54) is 5.56 Å². The number of hydrogen-bond acceptors (Lipinski definition) is 2. The average molecular weight is 354 g/mol. The Kier molecular flexibility index (Phi) is 6.98. The first-order valence-electron chi connectivity index (χ1n) is 9.64. The number of anilines is 1. The molecule has 0 aromatic heterocycles. The fourth-order valence-corrected chi connectivity index (χ4v) is 3.24. The molecule has 1 aliphatic rings. The van der Waals surface area contributed by atoms with Crippen LogP contribution < -0.4 is 4.90 Å². The number of aliphatic hydroxyl groups excluding tert-OH is 1. The summed E-state index contributed by atoms with van der Waals surface area (Å²) in [4.78, 5) is 14.6. The number of aliphatic hydroxyl groups is 1. The predicted octanol–water partition coefficient (Wildman–Crippen LogP) is 5.17. The minimum absolute atomic E-state index is 0.0820. The van der Waals surface area contributed by atoms with Crippen LogP contribution in [0.25, 0.3) is 0 Å². The molecule has 0 radical (unpaired) electrons. The fraction of sp³-hybridized carbons (Fsp3) is 0.435. The van der Waals surface area contributed by atoms with E-state index in [4.69, 9.17) is 0 Å². The summed E-state index contributed by atoms with van der Waals surface area (Å²) in [5.41, 5.74) is 5.16. The normalized spacial score (nSPS) is 14.1. The number of carbonyl (C=O) groups is 1. The molecule has 26 heavy (non-hydrogen) atoms. The maximum Gasteiger partial charge on any atom is 0.258 e. The SMILES string of the molecule is CC.CC(C)Cc1ccc2c(c1)C(=O)N(c1ccc(C(C)CO)cc1)C2. The largest absolute Gasteiger partial charge is 0.396 e. The predicted molar refractivity (Wildman–Crippen MR) is 109 cm³/mol.